The fourth-order valence-electron chi connectivity index (χ4n) is 2.13. The first-order valence-electron chi connectivity index (χ1n) is 6.95. The molecule has 2 rings (SSSR count). The molecule has 2 aromatic rings. The van der Waals surface area contributed by atoms with Crippen LogP contribution >= 0.6 is 11.3 Å². The lowest BCUT2D eigenvalue weighted by Gasteiger charge is -2.15. The standard InChI is InChI=1S/C16H22N2OS/c1-12-5-4-6-16(9-12)19-8-7-14(17-3)10-15-11-20-13(2)18-15/h4-6,9,11,14,17H,7-8,10H2,1-3H3. The maximum atomic E-state index is 5.80. The van der Waals surface area contributed by atoms with Crippen LogP contribution in [0.25, 0.3) is 0 Å². The van der Waals surface area contributed by atoms with E-state index in [1.165, 1.54) is 11.3 Å². The zero-order chi connectivity index (χ0) is 14.4. The third-order valence-corrected chi connectivity index (χ3v) is 4.08. The molecule has 0 amide bonds. The van der Waals surface area contributed by atoms with Crippen molar-refractivity contribution in [3.05, 3.63) is 45.9 Å². The quantitative estimate of drug-likeness (QED) is 0.849. The van der Waals surface area contributed by atoms with Gasteiger partial charge < -0.3 is 10.1 Å². The molecule has 0 aliphatic carbocycles. The fraction of sp³-hybridized carbons (Fsp3) is 0.438. The van der Waals surface area contributed by atoms with Gasteiger partial charge in [0.2, 0.25) is 0 Å². The smallest absolute Gasteiger partial charge is 0.119 e. The Morgan fingerprint density at radius 3 is 2.85 bits per heavy atom. The summed E-state index contributed by atoms with van der Waals surface area (Å²) in [6, 6.07) is 8.58. The van der Waals surface area contributed by atoms with Crippen LogP contribution < -0.4 is 10.1 Å². The van der Waals surface area contributed by atoms with Crippen molar-refractivity contribution >= 4 is 11.3 Å². The molecule has 0 saturated heterocycles. The second kappa shape index (κ2) is 7.41. The zero-order valence-corrected chi connectivity index (χ0v) is 13.2. The molecule has 1 aromatic carbocycles. The normalized spacial score (nSPS) is 12.3. The third kappa shape index (κ3) is 4.62. The minimum Gasteiger partial charge on any atom is -0.494 e. The molecule has 0 aliphatic rings. The summed E-state index contributed by atoms with van der Waals surface area (Å²) in [5.41, 5.74) is 2.40. The van der Waals surface area contributed by atoms with Crippen molar-refractivity contribution in [2.45, 2.75) is 32.7 Å². The lowest BCUT2D eigenvalue weighted by atomic mass is 10.1. The molecule has 0 saturated carbocycles. The van der Waals surface area contributed by atoms with Crippen molar-refractivity contribution in [1.82, 2.24) is 10.3 Å². The van der Waals surface area contributed by atoms with Crippen molar-refractivity contribution < 1.29 is 4.74 Å². The predicted molar refractivity (Wildman–Crippen MR) is 84.7 cm³/mol. The average Bonchev–Trinajstić information content (AvgIpc) is 2.83. The topological polar surface area (TPSA) is 34.1 Å². The van der Waals surface area contributed by atoms with E-state index >= 15 is 0 Å². The highest BCUT2D eigenvalue weighted by molar-refractivity contribution is 7.09. The van der Waals surface area contributed by atoms with E-state index < -0.39 is 0 Å². The number of aryl methyl sites for hydroxylation is 2. The molecule has 1 unspecified atom stereocenters. The average molecular weight is 290 g/mol. The minimum absolute atomic E-state index is 0.404. The van der Waals surface area contributed by atoms with E-state index in [1.807, 2.05) is 26.1 Å². The van der Waals surface area contributed by atoms with Crippen molar-refractivity contribution in [2.24, 2.45) is 0 Å². The van der Waals surface area contributed by atoms with Gasteiger partial charge in [0.1, 0.15) is 5.75 Å². The Bertz CT molecular complexity index is 539. The van der Waals surface area contributed by atoms with Crippen LogP contribution in [0.4, 0.5) is 0 Å². The maximum Gasteiger partial charge on any atom is 0.119 e. The van der Waals surface area contributed by atoms with Crippen LogP contribution in [0.2, 0.25) is 0 Å². The van der Waals surface area contributed by atoms with Crippen molar-refractivity contribution in [1.29, 1.82) is 0 Å². The molecule has 0 bridgehead atoms. The largest absolute Gasteiger partial charge is 0.494 e. The van der Waals surface area contributed by atoms with Gasteiger partial charge >= 0.3 is 0 Å². The van der Waals surface area contributed by atoms with E-state index in [1.54, 1.807) is 11.3 Å². The van der Waals surface area contributed by atoms with E-state index in [0.717, 1.165) is 30.2 Å². The van der Waals surface area contributed by atoms with Gasteiger partial charge in [-0.25, -0.2) is 4.98 Å². The van der Waals surface area contributed by atoms with Crippen molar-refractivity contribution in [2.75, 3.05) is 13.7 Å². The molecule has 1 atom stereocenters. The molecule has 1 aromatic heterocycles. The van der Waals surface area contributed by atoms with Gasteiger partial charge in [0.15, 0.2) is 0 Å². The summed E-state index contributed by atoms with van der Waals surface area (Å²) < 4.78 is 5.80. The van der Waals surface area contributed by atoms with Gasteiger partial charge in [0, 0.05) is 17.8 Å². The molecule has 0 radical (unpaired) electrons. The summed E-state index contributed by atoms with van der Waals surface area (Å²) in [5.74, 6) is 0.948. The molecule has 0 aliphatic heterocycles. The van der Waals surface area contributed by atoms with Gasteiger partial charge in [-0.05, 0) is 45.0 Å². The predicted octanol–water partition coefficient (Wildman–Crippen LogP) is 3.36. The van der Waals surface area contributed by atoms with Crippen LogP contribution in [0.3, 0.4) is 0 Å². The Balaban J connectivity index is 1.79. The van der Waals surface area contributed by atoms with E-state index in [0.29, 0.717) is 6.04 Å². The van der Waals surface area contributed by atoms with E-state index in [-0.39, 0.29) is 0 Å². The SMILES string of the molecule is CNC(CCOc1cccc(C)c1)Cc1csc(C)n1. The first-order valence-corrected chi connectivity index (χ1v) is 7.83. The first-order chi connectivity index (χ1) is 9.67. The maximum absolute atomic E-state index is 5.80. The Morgan fingerprint density at radius 2 is 2.20 bits per heavy atom. The molecule has 0 spiro atoms. The number of benzene rings is 1. The lowest BCUT2D eigenvalue weighted by molar-refractivity contribution is 0.288. The van der Waals surface area contributed by atoms with Gasteiger partial charge in [-0.1, -0.05) is 12.1 Å². The first kappa shape index (κ1) is 15.0. The number of hydrogen-bond acceptors (Lipinski definition) is 4. The van der Waals surface area contributed by atoms with Crippen LogP contribution in [-0.2, 0) is 6.42 Å². The summed E-state index contributed by atoms with van der Waals surface area (Å²) in [4.78, 5) is 4.51. The monoisotopic (exact) mass is 290 g/mol. The Labute approximate surface area is 125 Å². The molecule has 4 heteroatoms. The van der Waals surface area contributed by atoms with Crippen LogP contribution in [0, 0.1) is 13.8 Å². The Hall–Kier alpha value is -1.39. The van der Waals surface area contributed by atoms with E-state index in [4.69, 9.17) is 4.74 Å². The number of rotatable bonds is 7. The summed E-state index contributed by atoms with van der Waals surface area (Å²) in [5, 5.41) is 6.61. The molecule has 1 N–H and O–H groups in total. The molecule has 20 heavy (non-hydrogen) atoms. The number of ether oxygens (including phenoxy) is 1. The van der Waals surface area contributed by atoms with Crippen molar-refractivity contribution in [3.8, 4) is 5.75 Å². The lowest BCUT2D eigenvalue weighted by Crippen LogP contribution is -2.29. The summed E-state index contributed by atoms with van der Waals surface area (Å²) >= 11 is 1.71. The summed E-state index contributed by atoms with van der Waals surface area (Å²) in [6.07, 6.45) is 1.93. The van der Waals surface area contributed by atoms with Gasteiger partial charge in [0.25, 0.3) is 0 Å². The molecular weight excluding hydrogens is 268 g/mol. The number of nitrogens with zero attached hydrogens (tertiary/aromatic N) is 1. The van der Waals surface area contributed by atoms with Gasteiger partial charge in [-0.3, -0.25) is 0 Å². The zero-order valence-electron chi connectivity index (χ0n) is 12.3. The van der Waals surface area contributed by atoms with E-state index in [9.17, 15) is 0 Å². The summed E-state index contributed by atoms with van der Waals surface area (Å²) in [6.45, 7) is 4.84. The number of aromatic nitrogens is 1. The molecule has 0 fully saturated rings. The highest BCUT2D eigenvalue weighted by atomic mass is 32.1. The van der Waals surface area contributed by atoms with Gasteiger partial charge in [-0.15, -0.1) is 11.3 Å². The van der Waals surface area contributed by atoms with E-state index in [2.05, 4.69) is 34.7 Å². The molecule has 3 nitrogen and oxygen atoms in total. The number of hydrogen-bond donors (Lipinski definition) is 1. The van der Waals surface area contributed by atoms with Crippen LogP contribution in [0.5, 0.6) is 5.75 Å². The fourth-order valence-corrected chi connectivity index (χ4v) is 2.75. The molecule has 108 valence electrons. The Morgan fingerprint density at radius 1 is 1.35 bits per heavy atom. The van der Waals surface area contributed by atoms with Gasteiger partial charge in [-0.2, -0.15) is 0 Å². The molecule has 1 heterocycles. The highest BCUT2D eigenvalue weighted by Crippen LogP contribution is 2.14. The molecular formula is C16H22N2OS. The van der Waals surface area contributed by atoms with Crippen LogP contribution in [0.1, 0.15) is 22.7 Å². The number of likely N-dealkylation sites (N-methyl/N-ethyl adjacent to an activating group) is 1. The Kier molecular flexibility index (Phi) is 5.56. The second-order valence-electron chi connectivity index (χ2n) is 5.00. The minimum atomic E-state index is 0.404. The third-order valence-electron chi connectivity index (χ3n) is 3.25. The number of nitrogens with one attached hydrogen (secondary N) is 1. The van der Waals surface area contributed by atoms with Crippen LogP contribution in [-0.4, -0.2) is 24.7 Å². The summed E-state index contributed by atoms with van der Waals surface area (Å²) in [7, 11) is 2.00. The highest BCUT2D eigenvalue weighted by Gasteiger charge is 2.09. The van der Waals surface area contributed by atoms with Crippen molar-refractivity contribution in [3.63, 3.8) is 0 Å². The van der Waals surface area contributed by atoms with Gasteiger partial charge in [0.05, 0.1) is 17.3 Å². The second-order valence-corrected chi connectivity index (χ2v) is 6.06. The van der Waals surface area contributed by atoms with Crippen LogP contribution in [0.15, 0.2) is 29.6 Å². The number of thiazole rings is 1.